The van der Waals surface area contributed by atoms with Gasteiger partial charge in [-0.2, -0.15) is 0 Å². The fourth-order valence-electron chi connectivity index (χ4n) is 14.0. The number of hydrogen-bond donors (Lipinski definition) is 1. The second kappa shape index (κ2) is 45.3. The van der Waals surface area contributed by atoms with Crippen LogP contribution in [0.4, 0.5) is 0 Å². The van der Waals surface area contributed by atoms with Crippen LogP contribution in [0.1, 0.15) is 117 Å². The molecule has 8 aromatic carbocycles. The molecule has 38 heteroatoms. The van der Waals surface area contributed by atoms with Gasteiger partial charge in [-0.3, -0.25) is 29.4 Å². The number of esters is 13. The van der Waals surface area contributed by atoms with E-state index in [4.69, 9.17) is 140 Å². The van der Waals surface area contributed by atoms with Gasteiger partial charge in [-0.1, -0.05) is 180 Å². The maximum Gasteiger partial charge on any atom is 0.338 e. The number of nitrogens with one attached hydrogen (secondary N) is 1. The molecule has 1 N–H and O–H groups in total. The van der Waals surface area contributed by atoms with Crippen LogP contribution in [0.5, 0.6) is 0 Å². The molecule has 4 fully saturated rings. The zero-order chi connectivity index (χ0) is 92.7. The first kappa shape index (κ1) is 96.0. The average molecular weight is 1850 g/mol. The Kier molecular flexibility index (Phi) is 33.4. The quantitative estimate of drug-likeness (QED) is 0.0134. The van der Waals surface area contributed by atoms with Gasteiger partial charge in [0.25, 0.3) is 3.79 Å². The minimum absolute atomic E-state index is 0.109. The zero-order valence-electron chi connectivity index (χ0n) is 69.5. The van der Waals surface area contributed by atoms with E-state index in [1.807, 2.05) is 0 Å². The normalized spacial score (nSPS) is 25.1. The van der Waals surface area contributed by atoms with Crippen molar-refractivity contribution < 1.29 is 162 Å². The summed E-state index contributed by atoms with van der Waals surface area (Å²) in [6.45, 7) is 0.866. The SMILES string of the molecule is CC(=O)OC[C@H]1O[C@H](OC[C@H]2O[C@H](OC[C@H]3O[C@@H](OC[C@H]4O[C@H](OC(=N)C(Cl)(Cl)Cl)[C@H](OC(=O)c5ccccc5)[C@@H](OC(=O)c5ccccc5)[C@H]4OC(=O)c4ccccc4)[C@H](OC(=O)c4ccccc4)[C@@H](OC(=O)c4ccccc4)[C@H]3OC(=O)c3ccccc3)[C@H](OC(=O)c3ccccc3)[C@@H](OC(=O)c3ccccc3)[C@H]2OC(C)=O)[C@H](OC(C)=O)[C@@H](OC(C)=O)[C@H]1OC(C)=O. The van der Waals surface area contributed by atoms with E-state index < -0.39 is 237 Å². The number of alkyl halides is 3. The number of rotatable bonds is 32. The molecule has 0 radical (unpaired) electrons. The molecule has 0 bridgehead atoms. The van der Waals surface area contributed by atoms with Crippen molar-refractivity contribution in [1.29, 1.82) is 5.41 Å². The Morgan fingerprint density at radius 1 is 0.238 bits per heavy atom. The molecule has 4 aliphatic rings. The summed E-state index contributed by atoms with van der Waals surface area (Å²) in [6.07, 6.45) is -41.5. The van der Waals surface area contributed by atoms with Crippen LogP contribution in [0.2, 0.25) is 0 Å². The summed E-state index contributed by atoms with van der Waals surface area (Å²) in [7, 11) is 0. The summed E-state index contributed by atoms with van der Waals surface area (Å²) >= 11 is 18.9. The molecule has 0 aliphatic carbocycles. The molecule has 4 aliphatic heterocycles. The lowest BCUT2D eigenvalue weighted by Gasteiger charge is -2.47. The van der Waals surface area contributed by atoms with Crippen molar-refractivity contribution in [2.75, 3.05) is 26.4 Å². The first-order valence-electron chi connectivity index (χ1n) is 40.1. The summed E-state index contributed by atoms with van der Waals surface area (Å²) in [5, 5.41) is 8.94. The fraction of sp³-hybridized carbons (Fsp3) is 0.326. The van der Waals surface area contributed by atoms with Crippen LogP contribution in [0.25, 0.3) is 0 Å². The van der Waals surface area contributed by atoms with Crippen LogP contribution >= 0.6 is 34.8 Å². The van der Waals surface area contributed by atoms with Crippen LogP contribution in [0.3, 0.4) is 0 Å². The Labute approximate surface area is 756 Å². The minimum Gasteiger partial charge on any atom is -0.463 e. The smallest absolute Gasteiger partial charge is 0.338 e. The first-order valence-corrected chi connectivity index (χ1v) is 41.3. The molecular weight excluding hydrogens is 1770 g/mol. The number of halogens is 3. The second-order valence-electron chi connectivity index (χ2n) is 29.1. The van der Waals surface area contributed by atoms with Crippen LogP contribution in [-0.2, 0) is 123 Å². The van der Waals surface area contributed by atoms with E-state index in [9.17, 15) is 47.9 Å². The number of benzene rings is 8. The van der Waals surface area contributed by atoms with E-state index in [0.717, 1.165) is 34.6 Å². The maximum atomic E-state index is 15.2. The number of ether oxygens (including phenoxy) is 21. The van der Waals surface area contributed by atoms with Crippen molar-refractivity contribution in [3.8, 4) is 0 Å². The van der Waals surface area contributed by atoms with Crippen LogP contribution in [0.15, 0.2) is 243 Å². The summed E-state index contributed by atoms with van der Waals surface area (Å²) in [5.41, 5.74) is -1.15. The van der Waals surface area contributed by atoms with Gasteiger partial charge < -0.3 is 99.5 Å². The Bertz CT molecular complexity index is 5260. The lowest BCUT2D eigenvalue weighted by molar-refractivity contribution is -0.345. The Morgan fingerprint density at radius 2 is 0.415 bits per heavy atom. The van der Waals surface area contributed by atoms with E-state index >= 15 is 14.4 Å². The zero-order valence-corrected chi connectivity index (χ0v) is 71.8. The third-order valence-corrected chi connectivity index (χ3v) is 20.3. The van der Waals surface area contributed by atoms with Crippen LogP contribution in [0, 0.1) is 5.41 Å². The molecular formula is C92H84Cl3NO34. The monoisotopic (exact) mass is 1850 g/mol. The van der Waals surface area contributed by atoms with E-state index in [1.54, 1.807) is 48.5 Å². The predicted molar refractivity (Wildman–Crippen MR) is 446 cm³/mol. The van der Waals surface area contributed by atoms with E-state index in [1.165, 1.54) is 194 Å². The summed E-state index contributed by atoms with van der Waals surface area (Å²) in [6, 6.07) is 57.8. The van der Waals surface area contributed by atoms with Gasteiger partial charge in [0, 0.05) is 34.6 Å². The van der Waals surface area contributed by atoms with Gasteiger partial charge >= 0.3 is 77.6 Å². The molecule has 35 nitrogen and oxygen atoms in total. The largest absolute Gasteiger partial charge is 0.463 e. The van der Waals surface area contributed by atoms with E-state index in [2.05, 4.69) is 0 Å². The summed E-state index contributed by atoms with van der Waals surface area (Å²) in [5.74, 6) is -15.6. The molecule has 0 saturated carbocycles. The van der Waals surface area contributed by atoms with Gasteiger partial charge in [-0.05, 0) is 97.1 Å². The molecule has 8 aromatic rings. The molecule has 0 amide bonds. The summed E-state index contributed by atoms with van der Waals surface area (Å²) < 4.78 is 129. The topological polar surface area (TPSA) is 440 Å². The Hall–Kier alpha value is -13.1. The molecule has 0 aromatic heterocycles. The standard InChI is InChI=1S/C92H84Cl3NO34/c1-50(97)110-46-63-67(114-51(2)98)71(116-53(4)100)75(117-54(5)101)87(118-63)111-47-64-68(115-52(3)99)72(124-81(104)57-34-18-8-19-35-57)76(127-84(107)60-40-24-11-25-41-60)88(119-64)112-48-65-69(122-79(102)55-30-14-6-15-31-55)73(125-82(105)58-36-20-9-21-37-58)77(128-85(108)61-42-26-12-27-43-61)89(120-65)113-49-66-70(123-80(103)56-32-16-7-17-33-56)74(126-83(106)59-38-22-10-23-39-59)78(90(121-66)130-91(96)92(93,94)95)129-86(109)62-44-28-13-29-45-62/h6-45,63-78,87-90,96H,46-49H2,1-5H3/t63-,64-,65-,66-,67+,68+,69+,70+,71+,72+,73+,74+,75-,76-,77-,78-,87+,88+,89-,90-/m1/s1. The lowest BCUT2D eigenvalue weighted by atomic mass is 9.96. The van der Waals surface area contributed by atoms with Gasteiger partial charge in [-0.25, -0.2) is 38.4 Å². The lowest BCUT2D eigenvalue weighted by Crippen LogP contribution is -2.66. The molecule has 12 rings (SSSR count). The highest BCUT2D eigenvalue weighted by atomic mass is 35.6. The highest BCUT2D eigenvalue weighted by Gasteiger charge is 2.61. The number of carbonyl (C=O) groups excluding carboxylic acids is 13. The molecule has 20 atom stereocenters. The number of carbonyl (C=O) groups is 13. The highest BCUT2D eigenvalue weighted by Crippen LogP contribution is 2.40. The van der Waals surface area contributed by atoms with Gasteiger partial charge in [0.05, 0.1) is 64.3 Å². The molecule has 130 heavy (non-hydrogen) atoms. The molecule has 4 saturated heterocycles. The molecule has 4 heterocycles. The first-order chi connectivity index (χ1) is 62.4. The van der Waals surface area contributed by atoms with Gasteiger partial charge in [0.2, 0.25) is 18.3 Å². The Morgan fingerprint density at radius 3 is 0.646 bits per heavy atom. The van der Waals surface area contributed by atoms with Crippen molar-refractivity contribution in [2.24, 2.45) is 0 Å². The molecule has 0 spiro atoms. The van der Waals surface area contributed by atoms with Crippen molar-refractivity contribution in [1.82, 2.24) is 0 Å². The third kappa shape index (κ3) is 25.7. The Balaban J connectivity index is 1.02. The van der Waals surface area contributed by atoms with Gasteiger partial charge in [0.1, 0.15) is 31.0 Å². The van der Waals surface area contributed by atoms with Crippen molar-refractivity contribution in [3.05, 3.63) is 287 Å². The highest BCUT2D eigenvalue weighted by molar-refractivity contribution is 6.76. The van der Waals surface area contributed by atoms with Crippen LogP contribution < -0.4 is 0 Å². The van der Waals surface area contributed by atoms with Gasteiger partial charge in [0.15, 0.2) is 86.0 Å². The van der Waals surface area contributed by atoms with E-state index in [-0.39, 0.29) is 44.5 Å². The average Bonchev–Trinajstić information content (AvgIpc) is 0.779. The summed E-state index contributed by atoms with van der Waals surface area (Å²) in [4.78, 5) is 185. The van der Waals surface area contributed by atoms with Crippen molar-refractivity contribution in [2.45, 2.75) is 161 Å². The van der Waals surface area contributed by atoms with Crippen molar-refractivity contribution in [3.63, 3.8) is 0 Å². The third-order valence-electron chi connectivity index (χ3n) is 19.8. The molecule has 0 unspecified atom stereocenters. The maximum absolute atomic E-state index is 15.2. The number of hydrogen-bond acceptors (Lipinski definition) is 35. The second-order valence-corrected chi connectivity index (χ2v) is 31.4. The fourth-order valence-corrected chi connectivity index (χ4v) is 14.1. The minimum atomic E-state index is -2.74. The van der Waals surface area contributed by atoms with E-state index in [0.29, 0.717) is 0 Å². The molecule has 682 valence electrons. The van der Waals surface area contributed by atoms with Gasteiger partial charge in [-0.15, -0.1) is 0 Å². The van der Waals surface area contributed by atoms with Crippen LogP contribution in [-0.4, -0.2) is 237 Å². The van der Waals surface area contributed by atoms with Crippen molar-refractivity contribution >= 4 is 118 Å². The predicted octanol–water partition coefficient (Wildman–Crippen LogP) is 10.4.